The number of hydrogen-bond acceptors (Lipinski definition) is 5. The molecule has 3 rings (SSSR count). The van der Waals surface area contributed by atoms with E-state index >= 15 is 0 Å². The van der Waals surface area contributed by atoms with Crippen LogP contribution < -0.4 is 4.74 Å². The highest BCUT2D eigenvalue weighted by Gasteiger charge is 2.09. The van der Waals surface area contributed by atoms with Gasteiger partial charge in [-0.1, -0.05) is 23.9 Å². The van der Waals surface area contributed by atoms with Gasteiger partial charge in [0.2, 0.25) is 0 Å². The SMILES string of the molecule is N#Cc1cccc(OC(=O)c2ccc(Sc3ccccn3)cc2)c1. The van der Waals surface area contributed by atoms with Crippen molar-refractivity contribution in [3.05, 3.63) is 84.1 Å². The summed E-state index contributed by atoms with van der Waals surface area (Å²) in [5, 5.41) is 9.76. The lowest BCUT2D eigenvalue weighted by molar-refractivity contribution is 0.0734. The summed E-state index contributed by atoms with van der Waals surface area (Å²) in [7, 11) is 0. The predicted molar refractivity (Wildman–Crippen MR) is 90.9 cm³/mol. The number of aromatic nitrogens is 1. The number of rotatable bonds is 4. The number of esters is 1. The molecule has 0 spiro atoms. The Balaban J connectivity index is 1.68. The van der Waals surface area contributed by atoms with Crippen LogP contribution in [0.25, 0.3) is 0 Å². The molecule has 0 atom stereocenters. The van der Waals surface area contributed by atoms with Crippen LogP contribution in [0.2, 0.25) is 0 Å². The predicted octanol–water partition coefficient (Wildman–Crippen LogP) is 4.32. The minimum atomic E-state index is -0.459. The van der Waals surface area contributed by atoms with Crippen LogP contribution in [-0.2, 0) is 0 Å². The van der Waals surface area contributed by atoms with Gasteiger partial charge < -0.3 is 4.74 Å². The normalized spacial score (nSPS) is 9.96. The number of carbonyl (C=O) groups excluding carboxylic acids is 1. The Bertz CT molecular complexity index is 887. The van der Waals surface area contributed by atoms with E-state index in [9.17, 15) is 4.79 Å². The first kappa shape index (κ1) is 15.8. The van der Waals surface area contributed by atoms with E-state index in [1.54, 1.807) is 36.5 Å². The van der Waals surface area contributed by atoms with Crippen molar-refractivity contribution in [3.63, 3.8) is 0 Å². The van der Waals surface area contributed by atoms with Crippen molar-refractivity contribution in [1.29, 1.82) is 5.26 Å². The van der Waals surface area contributed by atoms with Crippen LogP contribution in [0, 0.1) is 11.3 Å². The summed E-state index contributed by atoms with van der Waals surface area (Å²) >= 11 is 1.52. The summed E-state index contributed by atoms with van der Waals surface area (Å²) in [4.78, 5) is 17.4. The number of benzene rings is 2. The van der Waals surface area contributed by atoms with Gasteiger partial charge in [-0.15, -0.1) is 0 Å². The standard InChI is InChI=1S/C19H12N2O2S/c20-13-14-4-3-5-16(12-14)23-19(22)15-7-9-17(10-8-15)24-18-6-1-2-11-21-18/h1-12H. The summed E-state index contributed by atoms with van der Waals surface area (Å²) in [6.07, 6.45) is 1.74. The molecule has 0 unspecified atom stereocenters. The van der Waals surface area contributed by atoms with Crippen LogP contribution in [0.15, 0.2) is 82.8 Å². The molecule has 1 heterocycles. The topological polar surface area (TPSA) is 63.0 Å². The summed E-state index contributed by atoms with van der Waals surface area (Å²) in [5.74, 6) is -0.106. The molecule has 0 amide bonds. The molecule has 1 aromatic heterocycles. The van der Waals surface area contributed by atoms with Gasteiger partial charge >= 0.3 is 5.97 Å². The first-order chi connectivity index (χ1) is 11.7. The molecule has 0 saturated heterocycles. The van der Waals surface area contributed by atoms with Gasteiger partial charge in [0.1, 0.15) is 10.8 Å². The summed E-state index contributed by atoms with van der Waals surface area (Å²) in [6.45, 7) is 0. The molecule has 2 aromatic carbocycles. The Kier molecular flexibility index (Phi) is 4.90. The molecule has 0 radical (unpaired) electrons. The summed E-state index contributed by atoms with van der Waals surface area (Å²) in [6, 6.07) is 21.3. The second kappa shape index (κ2) is 7.44. The number of ether oxygens (including phenoxy) is 1. The molecule has 5 heteroatoms. The van der Waals surface area contributed by atoms with Crippen molar-refractivity contribution in [1.82, 2.24) is 4.98 Å². The average Bonchev–Trinajstić information content (AvgIpc) is 2.63. The highest BCUT2D eigenvalue weighted by atomic mass is 32.2. The van der Waals surface area contributed by atoms with Gasteiger partial charge in [-0.2, -0.15) is 5.26 Å². The van der Waals surface area contributed by atoms with E-state index in [0.717, 1.165) is 9.92 Å². The van der Waals surface area contributed by atoms with E-state index in [2.05, 4.69) is 4.98 Å². The third kappa shape index (κ3) is 4.00. The molecule has 0 saturated carbocycles. The second-order valence-corrected chi connectivity index (χ2v) is 5.92. The van der Waals surface area contributed by atoms with Crippen molar-refractivity contribution in [2.24, 2.45) is 0 Å². The van der Waals surface area contributed by atoms with Crippen LogP contribution in [-0.4, -0.2) is 11.0 Å². The maximum Gasteiger partial charge on any atom is 0.343 e. The van der Waals surface area contributed by atoms with Crippen LogP contribution in [0.3, 0.4) is 0 Å². The van der Waals surface area contributed by atoms with E-state index in [-0.39, 0.29) is 0 Å². The molecule has 0 aliphatic heterocycles. The quantitative estimate of drug-likeness (QED) is 0.526. The molecule has 4 nitrogen and oxygen atoms in total. The maximum atomic E-state index is 12.2. The van der Waals surface area contributed by atoms with Gasteiger partial charge in [-0.3, -0.25) is 0 Å². The largest absolute Gasteiger partial charge is 0.423 e. The minimum absolute atomic E-state index is 0.353. The molecule has 3 aromatic rings. The lowest BCUT2D eigenvalue weighted by Crippen LogP contribution is -2.08. The Morgan fingerprint density at radius 3 is 2.58 bits per heavy atom. The molecule has 0 fully saturated rings. The summed E-state index contributed by atoms with van der Waals surface area (Å²) < 4.78 is 5.29. The van der Waals surface area contributed by atoms with Crippen molar-refractivity contribution in [2.45, 2.75) is 9.92 Å². The van der Waals surface area contributed by atoms with Crippen LogP contribution >= 0.6 is 11.8 Å². The zero-order valence-corrected chi connectivity index (χ0v) is 13.4. The Labute approximate surface area is 143 Å². The lowest BCUT2D eigenvalue weighted by atomic mass is 10.2. The molecule has 0 bridgehead atoms. The van der Waals surface area contributed by atoms with Crippen molar-refractivity contribution < 1.29 is 9.53 Å². The molecule has 0 N–H and O–H groups in total. The van der Waals surface area contributed by atoms with Gasteiger partial charge in [0.25, 0.3) is 0 Å². The fraction of sp³-hybridized carbons (Fsp3) is 0. The first-order valence-corrected chi connectivity index (χ1v) is 7.97. The van der Waals surface area contributed by atoms with Gasteiger partial charge in [0.05, 0.1) is 17.2 Å². The smallest absolute Gasteiger partial charge is 0.343 e. The number of nitriles is 1. The zero-order chi connectivity index (χ0) is 16.8. The van der Waals surface area contributed by atoms with Crippen molar-refractivity contribution in [3.8, 4) is 11.8 Å². The Morgan fingerprint density at radius 2 is 1.88 bits per heavy atom. The van der Waals surface area contributed by atoms with Crippen LogP contribution in [0.1, 0.15) is 15.9 Å². The van der Waals surface area contributed by atoms with Gasteiger partial charge in [0.15, 0.2) is 0 Å². The van der Waals surface area contributed by atoms with Gasteiger partial charge in [-0.05, 0) is 54.6 Å². The highest BCUT2D eigenvalue weighted by molar-refractivity contribution is 7.99. The van der Waals surface area contributed by atoms with E-state index in [0.29, 0.717) is 16.9 Å². The van der Waals surface area contributed by atoms with E-state index < -0.39 is 5.97 Å². The lowest BCUT2D eigenvalue weighted by Gasteiger charge is -2.05. The number of hydrogen-bond donors (Lipinski definition) is 0. The molecular formula is C19H12N2O2S. The van der Waals surface area contributed by atoms with E-state index in [1.807, 2.05) is 36.4 Å². The first-order valence-electron chi connectivity index (χ1n) is 7.16. The second-order valence-electron chi connectivity index (χ2n) is 4.82. The molecular weight excluding hydrogens is 320 g/mol. The molecule has 0 aliphatic carbocycles. The van der Waals surface area contributed by atoms with E-state index in [4.69, 9.17) is 10.00 Å². The Hall–Kier alpha value is -3.10. The average molecular weight is 332 g/mol. The fourth-order valence-electron chi connectivity index (χ4n) is 1.98. The number of carbonyl (C=O) groups is 1. The number of pyridine rings is 1. The maximum absolute atomic E-state index is 12.2. The number of nitrogens with zero attached hydrogens (tertiary/aromatic N) is 2. The molecule has 24 heavy (non-hydrogen) atoms. The van der Waals surface area contributed by atoms with Crippen LogP contribution in [0.5, 0.6) is 5.75 Å². The zero-order valence-electron chi connectivity index (χ0n) is 12.5. The molecule has 116 valence electrons. The third-order valence-electron chi connectivity index (χ3n) is 3.12. The van der Waals surface area contributed by atoms with Crippen LogP contribution in [0.4, 0.5) is 0 Å². The van der Waals surface area contributed by atoms with E-state index in [1.165, 1.54) is 17.8 Å². The van der Waals surface area contributed by atoms with Crippen molar-refractivity contribution in [2.75, 3.05) is 0 Å². The molecule has 0 aliphatic rings. The fourth-order valence-corrected chi connectivity index (χ4v) is 2.76. The van der Waals surface area contributed by atoms with Gasteiger partial charge in [0, 0.05) is 11.1 Å². The monoisotopic (exact) mass is 332 g/mol. The highest BCUT2D eigenvalue weighted by Crippen LogP contribution is 2.26. The van der Waals surface area contributed by atoms with Gasteiger partial charge in [-0.25, -0.2) is 9.78 Å². The third-order valence-corrected chi connectivity index (χ3v) is 4.08. The Morgan fingerprint density at radius 1 is 1.04 bits per heavy atom. The summed E-state index contributed by atoms with van der Waals surface area (Å²) in [5.41, 5.74) is 0.894. The minimum Gasteiger partial charge on any atom is -0.423 e. The van der Waals surface area contributed by atoms with Crippen molar-refractivity contribution >= 4 is 17.7 Å².